The van der Waals surface area contributed by atoms with E-state index < -0.39 is 11.7 Å². The number of nitrogens with zero attached hydrogens (tertiary/aromatic N) is 1. The molecule has 0 aromatic heterocycles. The summed E-state index contributed by atoms with van der Waals surface area (Å²) in [5, 5.41) is 2.39. The molecule has 0 saturated carbocycles. The van der Waals surface area contributed by atoms with Crippen LogP contribution >= 0.6 is 0 Å². The van der Waals surface area contributed by atoms with Gasteiger partial charge in [-0.3, -0.25) is 0 Å². The van der Waals surface area contributed by atoms with Crippen molar-refractivity contribution in [1.29, 1.82) is 0 Å². The highest BCUT2D eigenvalue weighted by molar-refractivity contribution is 5.40. The molecule has 0 bridgehead atoms. The predicted octanol–water partition coefficient (Wildman–Crippen LogP) is 3.10. The lowest BCUT2D eigenvalue weighted by molar-refractivity contribution is -0.137. The Hall–Kier alpha value is -1.39. The molecule has 1 rings (SSSR count). The molecule has 0 amide bonds. The zero-order valence-electron chi connectivity index (χ0n) is 5.80. The summed E-state index contributed by atoms with van der Waals surface area (Å²) in [6.07, 6.45) is -4.42. The fourth-order valence-corrected chi connectivity index (χ4v) is 0.739. The Bertz CT molecular complexity index is 295. The second kappa shape index (κ2) is 2.92. The molecule has 0 aliphatic carbocycles. The second-order valence-electron chi connectivity index (χ2n) is 2.14. The van der Waals surface area contributed by atoms with Crippen LogP contribution < -0.4 is 0 Å². The summed E-state index contributed by atoms with van der Waals surface area (Å²) >= 11 is 0. The lowest BCUT2D eigenvalue weighted by Crippen LogP contribution is -2.03. The molecule has 0 spiro atoms. The first-order valence-electron chi connectivity index (χ1n) is 3.04. The van der Waals surface area contributed by atoms with Crippen LogP contribution in [0.15, 0.2) is 29.4 Å². The van der Waals surface area contributed by atoms with E-state index >= 15 is 0 Å². The van der Waals surface area contributed by atoms with Gasteiger partial charge in [0.1, 0.15) is 5.69 Å². The van der Waals surface area contributed by atoms with Gasteiger partial charge in [-0.1, -0.05) is 6.07 Å². The van der Waals surface area contributed by atoms with E-state index in [-0.39, 0.29) is 5.69 Å². The summed E-state index contributed by atoms with van der Waals surface area (Å²) in [6, 6.07) is 3.93. The minimum atomic E-state index is -4.42. The Morgan fingerprint density at radius 3 is 2.42 bits per heavy atom. The summed E-state index contributed by atoms with van der Waals surface area (Å²) in [7, 11) is 0. The van der Waals surface area contributed by atoms with Crippen molar-refractivity contribution in [3.05, 3.63) is 34.7 Å². The molecular weight excluding hydrogens is 171 g/mol. The highest BCUT2D eigenvalue weighted by Crippen LogP contribution is 2.31. The summed E-state index contributed by atoms with van der Waals surface area (Å²) in [5.74, 6) is 0. The van der Waals surface area contributed by atoms with Gasteiger partial charge in [-0.05, 0) is 23.4 Å². The van der Waals surface area contributed by atoms with Crippen molar-refractivity contribution in [1.82, 2.24) is 0 Å². The van der Waals surface area contributed by atoms with E-state index in [4.69, 9.17) is 0 Å². The van der Waals surface area contributed by atoms with E-state index in [1.54, 1.807) is 0 Å². The molecule has 1 aromatic rings. The third kappa shape index (κ3) is 1.81. The number of alkyl halides is 3. The number of hydrogen-bond acceptors (Lipinski definition) is 2. The highest BCUT2D eigenvalue weighted by Gasteiger charge is 2.30. The van der Waals surface area contributed by atoms with E-state index in [1.807, 2.05) is 0 Å². The van der Waals surface area contributed by atoms with Crippen molar-refractivity contribution in [2.45, 2.75) is 6.18 Å². The molecule has 0 radical (unpaired) electrons. The van der Waals surface area contributed by atoms with E-state index in [0.29, 0.717) is 6.07 Å². The molecule has 12 heavy (non-hydrogen) atoms. The number of benzene rings is 1. The smallest absolute Gasteiger partial charge is 0.166 e. The van der Waals surface area contributed by atoms with Gasteiger partial charge < -0.3 is 0 Å². The van der Waals surface area contributed by atoms with Crippen molar-refractivity contribution >= 4 is 5.69 Å². The van der Waals surface area contributed by atoms with Crippen molar-refractivity contribution in [2.75, 3.05) is 0 Å². The molecule has 0 fully saturated rings. The van der Waals surface area contributed by atoms with E-state index in [0.717, 1.165) is 12.1 Å². The average molecular weight is 175 g/mol. The van der Waals surface area contributed by atoms with Crippen molar-refractivity contribution < 1.29 is 13.2 Å². The summed E-state index contributed by atoms with van der Waals surface area (Å²) < 4.78 is 35.9. The van der Waals surface area contributed by atoms with Gasteiger partial charge >= 0.3 is 6.18 Å². The van der Waals surface area contributed by atoms with Gasteiger partial charge in [-0.15, -0.1) is 4.91 Å². The van der Waals surface area contributed by atoms with E-state index in [9.17, 15) is 18.1 Å². The molecule has 0 heterocycles. The van der Waals surface area contributed by atoms with Gasteiger partial charge in [0.25, 0.3) is 0 Å². The number of rotatable bonds is 1. The first kappa shape index (κ1) is 8.70. The monoisotopic (exact) mass is 175 g/mol. The minimum absolute atomic E-state index is 0.218. The molecule has 2 nitrogen and oxygen atoms in total. The maximum Gasteiger partial charge on any atom is 0.416 e. The minimum Gasteiger partial charge on any atom is -0.166 e. The largest absolute Gasteiger partial charge is 0.416 e. The molecule has 0 atom stereocenters. The third-order valence-electron chi connectivity index (χ3n) is 1.28. The van der Waals surface area contributed by atoms with Crippen LogP contribution in [0.5, 0.6) is 0 Å². The van der Waals surface area contributed by atoms with Gasteiger partial charge in [0, 0.05) is 0 Å². The molecule has 0 saturated heterocycles. The van der Waals surface area contributed by atoms with Crippen LogP contribution in [0, 0.1) is 4.91 Å². The molecule has 64 valence electrons. The Morgan fingerprint density at radius 1 is 1.25 bits per heavy atom. The van der Waals surface area contributed by atoms with Crippen LogP contribution in [0.25, 0.3) is 0 Å². The molecule has 0 aliphatic heterocycles. The van der Waals surface area contributed by atoms with E-state index in [2.05, 4.69) is 5.18 Å². The molecule has 0 aliphatic rings. The number of nitroso groups, excluding NO2 is 1. The molecule has 0 unspecified atom stereocenters. The number of hydrogen-bond donors (Lipinski definition) is 0. The van der Waals surface area contributed by atoms with E-state index in [1.165, 1.54) is 6.07 Å². The first-order chi connectivity index (χ1) is 5.54. The zero-order valence-corrected chi connectivity index (χ0v) is 5.80. The fourth-order valence-electron chi connectivity index (χ4n) is 0.739. The normalized spacial score (nSPS) is 11.2. The number of halogens is 3. The SMILES string of the molecule is O=Nc1cccc(C(F)(F)F)c1. The van der Waals surface area contributed by atoms with Crippen LogP contribution in [0.1, 0.15) is 5.56 Å². The average Bonchev–Trinajstić information content (AvgIpc) is 2.03. The first-order valence-corrected chi connectivity index (χ1v) is 3.04. The third-order valence-corrected chi connectivity index (χ3v) is 1.28. The highest BCUT2D eigenvalue weighted by atomic mass is 19.4. The van der Waals surface area contributed by atoms with Crippen LogP contribution in [0.2, 0.25) is 0 Å². The molecule has 0 N–H and O–H groups in total. The molecule has 5 heteroatoms. The zero-order chi connectivity index (χ0) is 9.19. The van der Waals surface area contributed by atoms with Gasteiger partial charge in [-0.25, -0.2) is 0 Å². The fraction of sp³-hybridized carbons (Fsp3) is 0.143. The van der Waals surface area contributed by atoms with Crippen LogP contribution in [-0.2, 0) is 6.18 Å². The molecule has 1 aromatic carbocycles. The Morgan fingerprint density at radius 2 is 1.92 bits per heavy atom. The molecular formula is C7H4F3NO. The van der Waals surface area contributed by atoms with Gasteiger partial charge in [0.2, 0.25) is 0 Å². The maximum atomic E-state index is 12.0. The Balaban J connectivity index is 3.10. The lowest BCUT2D eigenvalue weighted by Gasteiger charge is -2.04. The van der Waals surface area contributed by atoms with Gasteiger partial charge in [0.05, 0.1) is 5.56 Å². The Kier molecular flexibility index (Phi) is 2.12. The van der Waals surface area contributed by atoms with Gasteiger partial charge in [-0.2, -0.15) is 13.2 Å². The van der Waals surface area contributed by atoms with Crippen molar-refractivity contribution in [3.63, 3.8) is 0 Å². The lowest BCUT2D eigenvalue weighted by atomic mass is 10.2. The summed E-state index contributed by atoms with van der Waals surface area (Å²) in [5.41, 5.74) is -1.08. The second-order valence-corrected chi connectivity index (χ2v) is 2.14. The topological polar surface area (TPSA) is 29.4 Å². The van der Waals surface area contributed by atoms with Crippen molar-refractivity contribution in [2.24, 2.45) is 5.18 Å². The maximum absolute atomic E-state index is 12.0. The van der Waals surface area contributed by atoms with Crippen LogP contribution in [0.4, 0.5) is 18.9 Å². The quantitative estimate of drug-likeness (QED) is 0.603. The predicted molar refractivity (Wildman–Crippen MR) is 36.9 cm³/mol. The Labute approximate surface area is 66.0 Å². The summed E-state index contributed by atoms with van der Waals surface area (Å²) in [4.78, 5) is 9.87. The van der Waals surface area contributed by atoms with Crippen LogP contribution in [0.3, 0.4) is 0 Å². The van der Waals surface area contributed by atoms with Gasteiger partial charge in [0.15, 0.2) is 0 Å². The standard InChI is InChI=1S/C7H4F3NO/c8-7(9,10)5-2-1-3-6(4-5)11-12/h1-4H. The summed E-state index contributed by atoms with van der Waals surface area (Å²) in [6.45, 7) is 0. The van der Waals surface area contributed by atoms with Crippen LogP contribution in [-0.4, -0.2) is 0 Å². The van der Waals surface area contributed by atoms with Crippen molar-refractivity contribution in [3.8, 4) is 0 Å².